The summed E-state index contributed by atoms with van der Waals surface area (Å²) < 4.78 is 11.7. The van der Waals surface area contributed by atoms with E-state index in [1.807, 2.05) is 34.5 Å². The third kappa shape index (κ3) is 3.52. The van der Waals surface area contributed by atoms with Crippen LogP contribution in [0.5, 0.6) is 0 Å². The van der Waals surface area contributed by atoms with Crippen molar-refractivity contribution in [2.75, 3.05) is 26.7 Å². The van der Waals surface area contributed by atoms with E-state index in [4.69, 9.17) is 9.15 Å². The van der Waals surface area contributed by atoms with Gasteiger partial charge in [0.15, 0.2) is 0 Å². The number of hydrogen-bond donors (Lipinski definition) is 0. The topological polar surface area (TPSA) is 45.9 Å². The predicted molar refractivity (Wildman–Crippen MR) is 96.7 cm³/mol. The van der Waals surface area contributed by atoms with Gasteiger partial charge < -0.3 is 14.1 Å². The number of piperidine rings is 1. The quantitative estimate of drug-likeness (QED) is 0.840. The largest absolute Gasteiger partial charge is 0.468 e. The molecule has 0 saturated carbocycles. The van der Waals surface area contributed by atoms with Crippen LogP contribution in [0.3, 0.4) is 0 Å². The highest BCUT2D eigenvalue weighted by molar-refractivity contribution is 7.12. The van der Waals surface area contributed by atoms with Crippen LogP contribution >= 0.6 is 11.3 Å². The van der Waals surface area contributed by atoms with Crippen molar-refractivity contribution in [3.8, 4) is 0 Å². The number of hydrogen-bond acceptors (Lipinski definition) is 5. The van der Waals surface area contributed by atoms with E-state index in [-0.39, 0.29) is 11.5 Å². The molecule has 2 aromatic rings. The van der Waals surface area contributed by atoms with E-state index in [1.165, 1.54) is 11.3 Å². The Morgan fingerprint density at radius 1 is 1.36 bits per heavy atom. The molecule has 1 spiro atoms. The molecule has 2 saturated heterocycles. The maximum absolute atomic E-state index is 12.5. The average molecular weight is 360 g/mol. The zero-order valence-corrected chi connectivity index (χ0v) is 15.3. The second-order valence-corrected chi connectivity index (χ2v) is 8.06. The number of amides is 1. The molecule has 134 valence electrons. The molecule has 1 amide bonds. The van der Waals surface area contributed by atoms with E-state index in [0.29, 0.717) is 6.04 Å². The van der Waals surface area contributed by atoms with Crippen molar-refractivity contribution < 1.29 is 13.9 Å². The Labute approximate surface area is 152 Å². The average Bonchev–Trinajstić information content (AvgIpc) is 3.37. The van der Waals surface area contributed by atoms with Crippen LogP contribution in [0.4, 0.5) is 0 Å². The van der Waals surface area contributed by atoms with Crippen molar-refractivity contribution in [2.24, 2.45) is 0 Å². The third-order valence-electron chi connectivity index (χ3n) is 5.49. The van der Waals surface area contributed by atoms with Crippen LogP contribution in [0.2, 0.25) is 0 Å². The van der Waals surface area contributed by atoms with Gasteiger partial charge in [-0.3, -0.25) is 9.69 Å². The lowest BCUT2D eigenvalue weighted by molar-refractivity contribution is -0.0392. The number of likely N-dealkylation sites (tertiary alicyclic amines) is 1. The molecule has 0 aromatic carbocycles. The number of furan rings is 1. The van der Waals surface area contributed by atoms with Crippen LogP contribution in [-0.2, 0) is 11.3 Å². The molecule has 0 bridgehead atoms. The zero-order valence-electron chi connectivity index (χ0n) is 14.5. The third-order valence-corrected chi connectivity index (χ3v) is 6.35. The molecular formula is C19H24N2O3S. The van der Waals surface area contributed by atoms with Gasteiger partial charge in [0.2, 0.25) is 0 Å². The Bertz CT molecular complexity index is 690. The fourth-order valence-electron chi connectivity index (χ4n) is 3.90. The molecule has 25 heavy (non-hydrogen) atoms. The molecule has 6 heteroatoms. The van der Waals surface area contributed by atoms with E-state index >= 15 is 0 Å². The number of carbonyl (C=O) groups is 1. The molecule has 0 radical (unpaired) electrons. The minimum Gasteiger partial charge on any atom is -0.468 e. The molecule has 0 unspecified atom stereocenters. The van der Waals surface area contributed by atoms with Gasteiger partial charge in [-0.05, 0) is 49.9 Å². The number of ether oxygens (including phenoxy) is 1. The molecule has 2 aliphatic heterocycles. The van der Waals surface area contributed by atoms with Crippen molar-refractivity contribution in [1.29, 1.82) is 0 Å². The Morgan fingerprint density at radius 3 is 2.88 bits per heavy atom. The number of thiophene rings is 1. The Morgan fingerprint density at radius 2 is 2.20 bits per heavy atom. The highest BCUT2D eigenvalue weighted by Crippen LogP contribution is 2.38. The van der Waals surface area contributed by atoms with E-state index in [9.17, 15) is 4.79 Å². The van der Waals surface area contributed by atoms with Gasteiger partial charge >= 0.3 is 0 Å². The van der Waals surface area contributed by atoms with Gasteiger partial charge in [-0.2, -0.15) is 0 Å². The fraction of sp³-hybridized carbons (Fsp3) is 0.526. The second kappa shape index (κ2) is 6.94. The molecule has 2 aromatic heterocycles. The maximum atomic E-state index is 12.5. The van der Waals surface area contributed by atoms with Crippen LogP contribution in [0.1, 0.15) is 34.7 Å². The van der Waals surface area contributed by atoms with Crippen LogP contribution in [0.15, 0.2) is 40.3 Å². The summed E-state index contributed by atoms with van der Waals surface area (Å²) in [6.07, 6.45) is 4.60. The number of nitrogens with zero attached hydrogens (tertiary/aromatic N) is 2. The van der Waals surface area contributed by atoms with Gasteiger partial charge in [0.25, 0.3) is 5.91 Å². The van der Waals surface area contributed by atoms with E-state index in [1.54, 1.807) is 6.26 Å². The number of likely N-dealkylation sites (N-methyl/N-ethyl adjacent to an activating group) is 1. The summed E-state index contributed by atoms with van der Waals surface area (Å²) in [4.78, 5) is 17.6. The molecule has 1 atom stereocenters. The highest BCUT2D eigenvalue weighted by atomic mass is 32.1. The lowest BCUT2D eigenvalue weighted by atomic mass is 9.87. The summed E-state index contributed by atoms with van der Waals surface area (Å²) in [6.45, 7) is 3.13. The van der Waals surface area contributed by atoms with Crippen LogP contribution in [0, 0.1) is 0 Å². The van der Waals surface area contributed by atoms with Gasteiger partial charge in [-0.1, -0.05) is 6.07 Å². The molecule has 2 fully saturated rings. The fourth-order valence-corrected chi connectivity index (χ4v) is 4.59. The SMILES string of the molecule is CN(Cc1ccco1)[C@H]1COC2(CCN(C(=O)c3cccs3)CC2)C1. The van der Waals surface area contributed by atoms with Gasteiger partial charge in [0.05, 0.1) is 29.9 Å². The molecule has 2 aliphatic rings. The number of carbonyl (C=O) groups excluding carboxylic acids is 1. The second-order valence-electron chi connectivity index (χ2n) is 7.12. The summed E-state index contributed by atoms with van der Waals surface area (Å²) in [5.74, 6) is 1.15. The summed E-state index contributed by atoms with van der Waals surface area (Å²) in [7, 11) is 2.13. The highest BCUT2D eigenvalue weighted by Gasteiger charge is 2.44. The summed E-state index contributed by atoms with van der Waals surface area (Å²) in [6, 6.07) is 8.18. The van der Waals surface area contributed by atoms with Gasteiger partial charge in [-0.15, -0.1) is 11.3 Å². The normalized spacial score (nSPS) is 22.8. The predicted octanol–water partition coefficient (Wildman–Crippen LogP) is 3.24. The van der Waals surface area contributed by atoms with Crippen molar-refractivity contribution in [3.05, 3.63) is 46.5 Å². The van der Waals surface area contributed by atoms with Gasteiger partial charge in [-0.25, -0.2) is 0 Å². The molecular weight excluding hydrogens is 336 g/mol. The van der Waals surface area contributed by atoms with E-state index in [0.717, 1.165) is 56.1 Å². The molecule has 0 aliphatic carbocycles. The van der Waals surface area contributed by atoms with Crippen molar-refractivity contribution >= 4 is 17.2 Å². The Hall–Kier alpha value is -1.63. The minimum absolute atomic E-state index is 0.0612. The Kier molecular flexibility index (Phi) is 4.67. The smallest absolute Gasteiger partial charge is 0.263 e. The summed E-state index contributed by atoms with van der Waals surface area (Å²) in [5.41, 5.74) is -0.0612. The summed E-state index contributed by atoms with van der Waals surface area (Å²) >= 11 is 1.52. The van der Waals surface area contributed by atoms with E-state index in [2.05, 4.69) is 11.9 Å². The van der Waals surface area contributed by atoms with Crippen LogP contribution in [0.25, 0.3) is 0 Å². The molecule has 0 N–H and O–H groups in total. The van der Waals surface area contributed by atoms with Crippen LogP contribution in [-0.4, -0.2) is 54.1 Å². The lowest BCUT2D eigenvalue weighted by Crippen LogP contribution is -2.46. The molecule has 4 rings (SSSR count). The van der Waals surface area contributed by atoms with Crippen LogP contribution < -0.4 is 0 Å². The monoisotopic (exact) mass is 360 g/mol. The first-order chi connectivity index (χ1) is 12.2. The van der Waals surface area contributed by atoms with Crippen molar-refractivity contribution in [3.63, 3.8) is 0 Å². The van der Waals surface area contributed by atoms with Gasteiger partial charge in [0, 0.05) is 19.1 Å². The van der Waals surface area contributed by atoms with Crippen molar-refractivity contribution in [1.82, 2.24) is 9.80 Å². The first-order valence-electron chi connectivity index (χ1n) is 8.85. The lowest BCUT2D eigenvalue weighted by Gasteiger charge is -2.38. The number of rotatable bonds is 4. The first kappa shape index (κ1) is 16.8. The first-order valence-corrected chi connectivity index (χ1v) is 9.73. The molecule has 4 heterocycles. The van der Waals surface area contributed by atoms with Gasteiger partial charge in [0.1, 0.15) is 5.76 Å². The Balaban J connectivity index is 1.32. The van der Waals surface area contributed by atoms with Crippen molar-refractivity contribution in [2.45, 2.75) is 37.5 Å². The minimum atomic E-state index is -0.0612. The summed E-state index contributed by atoms with van der Waals surface area (Å²) in [5, 5.41) is 1.96. The van der Waals surface area contributed by atoms with E-state index < -0.39 is 0 Å². The maximum Gasteiger partial charge on any atom is 0.263 e. The standard InChI is InChI=1S/C19H24N2O3S/c1-20(13-16-4-2-10-23-16)15-12-19(24-14-15)6-8-21(9-7-19)18(22)17-5-3-11-25-17/h2-5,10-11,15H,6-9,12-14H2,1H3/t15-/m1/s1. The molecule has 5 nitrogen and oxygen atoms in total. The zero-order chi connectivity index (χ0) is 17.3.